The number of aryl methyl sites for hydroxylation is 1. The van der Waals surface area contributed by atoms with Crippen LogP contribution in [0.4, 0.5) is 11.4 Å². The minimum Gasteiger partial charge on any atom is -0.492 e. The van der Waals surface area contributed by atoms with Crippen LogP contribution in [0.1, 0.15) is 19.4 Å². The second-order valence-electron chi connectivity index (χ2n) is 8.42. The molecule has 2 amide bonds. The van der Waals surface area contributed by atoms with Crippen LogP contribution >= 0.6 is 23.2 Å². The van der Waals surface area contributed by atoms with Gasteiger partial charge < -0.3 is 24.4 Å². The molecule has 9 heteroatoms. The minimum absolute atomic E-state index is 0.158. The highest BCUT2D eigenvalue weighted by atomic mass is 35.5. The molecule has 2 unspecified atom stereocenters. The Morgan fingerprint density at radius 1 is 1.14 bits per heavy atom. The van der Waals surface area contributed by atoms with Crippen LogP contribution in [0.5, 0.6) is 17.2 Å². The average molecular weight is 529 g/mol. The van der Waals surface area contributed by atoms with Gasteiger partial charge in [0.25, 0.3) is 11.8 Å². The number of ether oxygens (including phenoxy) is 3. The van der Waals surface area contributed by atoms with Crippen molar-refractivity contribution < 1.29 is 23.8 Å². The van der Waals surface area contributed by atoms with Gasteiger partial charge in [-0.1, -0.05) is 35.3 Å². The van der Waals surface area contributed by atoms with Crippen molar-refractivity contribution in [1.82, 2.24) is 0 Å². The molecule has 1 N–H and O–H groups in total. The first-order chi connectivity index (χ1) is 17.2. The third-order valence-corrected chi connectivity index (χ3v) is 6.11. The van der Waals surface area contributed by atoms with Crippen LogP contribution in [-0.4, -0.2) is 37.2 Å². The number of anilines is 2. The number of hydrogen-bond acceptors (Lipinski definition) is 5. The molecule has 3 aromatic carbocycles. The predicted octanol–water partition coefficient (Wildman–Crippen LogP) is 5.90. The topological polar surface area (TPSA) is 77.1 Å². The highest BCUT2D eigenvalue weighted by Crippen LogP contribution is 2.36. The first-order valence-electron chi connectivity index (χ1n) is 11.5. The Morgan fingerprint density at radius 3 is 2.69 bits per heavy atom. The lowest BCUT2D eigenvalue weighted by Gasteiger charge is -2.33. The molecule has 0 saturated carbocycles. The van der Waals surface area contributed by atoms with Crippen LogP contribution in [0.2, 0.25) is 10.0 Å². The Kier molecular flexibility index (Phi) is 7.91. The number of rotatable bonds is 8. The number of halogens is 2. The van der Waals surface area contributed by atoms with Gasteiger partial charge in [-0.2, -0.15) is 0 Å². The number of hydrogen-bond donors (Lipinski definition) is 1. The van der Waals surface area contributed by atoms with E-state index < -0.39 is 12.2 Å². The molecule has 188 valence electrons. The van der Waals surface area contributed by atoms with Crippen LogP contribution < -0.4 is 24.4 Å². The second kappa shape index (κ2) is 11.1. The molecular formula is C27H26Cl2N2O5. The Labute approximate surface area is 219 Å². The van der Waals surface area contributed by atoms with Crippen LogP contribution in [-0.2, 0) is 9.59 Å². The molecule has 0 bridgehead atoms. The van der Waals surface area contributed by atoms with Crippen molar-refractivity contribution in [2.24, 2.45) is 0 Å². The molecule has 0 fully saturated rings. The fraction of sp³-hybridized carbons (Fsp3) is 0.259. The van der Waals surface area contributed by atoms with E-state index in [2.05, 4.69) is 5.32 Å². The lowest BCUT2D eigenvalue weighted by molar-refractivity contribution is -0.125. The zero-order valence-corrected chi connectivity index (χ0v) is 21.6. The largest absolute Gasteiger partial charge is 0.492 e. The number of benzene rings is 3. The molecule has 36 heavy (non-hydrogen) atoms. The van der Waals surface area contributed by atoms with E-state index in [1.807, 2.05) is 31.2 Å². The second-order valence-corrected chi connectivity index (χ2v) is 9.27. The molecule has 7 nitrogen and oxygen atoms in total. The van der Waals surface area contributed by atoms with Gasteiger partial charge >= 0.3 is 0 Å². The summed E-state index contributed by atoms with van der Waals surface area (Å²) in [6, 6.07) is 17.7. The molecule has 0 aliphatic carbocycles. The van der Waals surface area contributed by atoms with Gasteiger partial charge in [-0.25, -0.2) is 0 Å². The lowest BCUT2D eigenvalue weighted by atomic mass is 10.1. The highest BCUT2D eigenvalue weighted by molar-refractivity contribution is 6.35. The van der Waals surface area contributed by atoms with Crippen molar-refractivity contribution in [3.63, 3.8) is 0 Å². The number of nitrogens with zero attached hydrogens (tertiary/aromatic N) is 1. The Morgan fingerprint density at radius 2 is 1.94 bits per heavy atom. The van der Waals surface area contributed by atoms with Gasteiger partial charge in [0.05, 0.1) is 17.3 Å². The molecule has 0 radical (unpaired) electrons. The summed E-state index contributed by atoms with van der Waals surface area (Å²) < 4.78 is 17.3. The number of carbonyl (C=O) groups excluding carboxylic acids is 2. The Bertz CT molecular complexity index is 1280. The first-order valence-corrected chi connectivity index (χ1v) is 12.2. The van der Waals surface area contributed by atoms with Crippen molar-refractivity contribution in [2.75, 3.05) is 23.4 Å². The van der Waals surface area contributed by atoms with Crippen molar-refractivity contribution >= 4 is 46.4 Å². The molecule has 1 aliphatic rings. The number of fused-ring (bicyclic) bond motifs is 1. The minimum atomic E-state index is -0.823. The maximum absolute atomic E-state index is 12.8. The van der Waals surface area contributed by atoms with Gasteiger partial charge in [-0.15, -0.1) is 0 Å². The molecular weight excluding hydrogens is 503 g/mol. The third-order valence-electron chi connectivity index (χ3n) is 5.58. The van der Waals surface area contributed by atoms with Crippen LogP contribution in [0, 0.1) is 6.92 Å². The van der Waals surface area contributed by atoms with Gasteiger partial charge in [0.15, 0.2) is 12.2 Å². The summed E-state index contributed by atoms with van der Waals surface area (Å²) in [6.45, 7) is 5.98. The molecule has 0 saturated heterocycles. The monoisotopic (exact) mass is 528 g/mol. The van der Waals surface area contributed by atoms with Crippen LogP contribution in [0.15, 0.2) is 60.7 Å². The van der Waals surface area contributed by atoms with Gasteiger partial charge in [0.1, 0.15) is 23.9 Å². The first kappa shape index (κ1) is 25.7. The van der Waals surface area contributed by atoms with Crippen LogP contribution in [0.3, 0.4) is 0 Å². The zero-order valence-electron chi connectivity index (χ0n) is 20.1. The van der Waals surface area contributed by atoms with Gasteiger partial charge in [0.2, 0.25) is 0 Å². The summed E-state index contributed by atoms with van der Waals surface area (Å²) >= 11 is 12.0. The van der Waals surface area contributed by atoms with E-state index in [0.717, 1.165) is 11.3 Å². The van der Waals surface area contributed by atoms with E-state index in [-0.39, 0.29) is 11.8 Å². The molecule has 1 aliphatic heterocycles. The normalized spacial score (nSPS) is 15.5. The van der Waals surface area contributed by atoms with E-state index in [0.29, 0.717) is 46.1 Å². The summed E-state index contributed by atoms with van der Waals surface area (Å²) in [7, 11) is 0. The fourth-order valence-corrected chi connectivity index (χ4v) is 4.19. The van der Waals surface area contributed by atoms with E-state index in [1.54, 1.807) is 55.1 Å². The standard InChI is InChI=1S/C27H26Cl2N2O5/c1-16-5-4-6-21(13-16)34-12-11-31-23-9-8-20(15-25(23)36-18(3)27(31)33)30-26(32)17(2)35-24-10-7-19(28)14-22(24)29/h4-10,13-15,17-18H,11-12H2,1-3H3,(H,30,32). The maximum Gasteiger partial charge on any atom is 0.267 e. The van der Waals surface area contributed by atoms with Crippen molar-refractivity contribution in [1.29, 1.82) is 0 Å². The summed E-state index contributed by atoms with van der Waals surface area (Å²) in [5, 5.41) is 3.60. The number of nitrogens with one attached hydrogen (secondary N) is 1. The van der Waals surface area contributed by atoms with Crippen molar-refractivity contribution in [3.05, 3.63) is 76.3 Å². The summed E-state index contributed by atoms with van der Waals surface area (Å²) in [5.41, 5.74) is 2.22. The van der Waals surface area contributed by atoms with Gasteiger partial charge in [-0.3, -0.25) is 9.59 Å². The SMILES string of the molecule is Cc1cccc(OCCN2C(=O)C(C)Oc3cc(NC(=O)C(C)Oc4ccc(Cl)cc4Cl)ccc32)c1. The average Bonchev–Trinajstić information content (AvgIpc) is 2.83. The van der Waals surface area contributed by atoms with E-state index in [9.17, 15) is 9.59 Å². The van der Waals surface area contributed by atoms with E-state index >= 15 is 0 Å². The summed E-state index contributed by atoms with van der Waals surface area (Å²) in [6.07, 6.45) is -1.49. The Balaban J connectivity index is 1.42. The molecule has 0 aromatic heterocycles. The molecule has 3 aromatic rings. The highest BCUT2D eigenvalue weighted by Gasteiger charge is 2.31. The zero-order chi connectivity index (χ0) is 25.8. The molecule has 0 spiro atoms. The molecule has 2 atom stereocenters. The number of amides is 2. The van der Waals surface area contributed by atoms with E-state index in [4.69, 9.17) is 37.4 Å². The fourth-order valence-electron chi connectivity index (χ4n) is 3.74. The third kappa shape index (κ3) is 6.04. The maximum atomic E-state index is 12.8. The lowest BCUT2D eigenvalue weighted by Crippen LogP contribution is -2.46. The predicted molar refractivity (Wildman–Crippen MR) is 141 cm³/mol. The summed E-state index contributed by atoms with van der Waals surface area (Å²) in [5.74, 6) is 1.06. The number of carbonyl (C=O) groups is 2. The van der Waals surface area contributed by atoms with Crippen molar-refractivity contribution in [2.45, 2.75) is 33.0 Å². The molecule has 1 heterocycles. The Hall–Kier alpha value is -3.42. The molecule has 4 rings (SSSR count). The smallest absolute Gasteiger partial charge is 0.267 e. The quantitative estimate of drug-likeness (QED) is 0.393. The van der Waals surface area contributed by atoms with E-state index in [1.165, 1.54) is 0 Å². The van der Waals surface area contributed by atoms with Gasteiger partial charge in [-0.05, 0) is 68.8 Å². The van der Waals surface area contributed by atoms with Crippen molar-refractivity contribution in [3.8, 4) is 17.2 Å². The van der Waals surface area contributed by atoms with Crippen LogP contribution in [0.25, 0.3) is 0 Å². The summed E-state index contributed by atoms with van der Waals surface area (Å²) in [4.78, 5) is 27.2. The van der Waals surface area contributed by atoms with Gasteiger partial charge in [0, 0.05) is 16.8 Å².